The standard InChI is InChI=1S/C14H24N2O3S/c1-12(15-8-9-20(17,18)16(2)3)10-13-6-5-7-14(11-13)19-4/h5-7,11-12,15H,8-10H2,1-4H3. The van der Waals surface area contributed by atoms with Gasteiger partial charge in [0.05, 0.1) is 12.9 Å². The van der Waals surface area contributed by atoms with Crippen LogP contribution in [0.4, 0.5) is 0 Å². The van der Waals surface area contributed by atoms with Crippen LogP contribution in [-0.4, -0.2) is 52.3 Å². The van der Waals surface area contributed by atoms with Gasteiger partial charge in [-0.25, -0.2) is 12.7 Å². The number of nitrogens with zero attached hydrogens (tertiary/aromatic N) is 1. The average Bonchev–Trinajstić information content (AvgIpc) is 2.38. The van der Waals surface area contributed by atoms with E-state index in [0.29, 0.717) is 6.54 Å². The number of rotatable bonds is 8. The Labute approximate surface area is 122 Å². The second-order valence-electron chi connectivity index (χ2n) is 5.01. The van der Waals surface area contributed by atoms with Crippen LogP contribution in [0.25, 0.3) is 0 Å². The van der Waals surface area contributed by atoms with Crippen molar-refractivity contribution in [1.29, 1.82) is 0 Å². The number of hydrogen-bond acceptors (Lipinski definition) is 4. The molecule has 0 fully saturated rings. The minimum atomic E-state index is -3.13. The van der Waals surface area contributed by atoms with E-state index < -0.39 is 10.0 Å². The molecule has 1 atom stereocenters. The first-order chi connectivity index (χ1) is 9.35. The molecule has 0 saturated heterocycles. The van der Waals surface area contributed by atoms with Crippen molar-refractivity contribution >= 4 is 10.0 Å². The highest BCUT2D eigenvalue weighted by molar-refractivity contribution is 7.89. The quantitative estimate of drug-likeness (QED) is 0.781. The van der Waals surface area contributed by atoms with Crippen LogP contribution in [0.3, 0.4) is 0 Å². The Morgan fingerprint density at radius 3 is 2.65 bits per heavy atom. The molecule has 0 saturated carbocycles. The summed E-state index contributed by atoms with van der Waals surface area (Å²) < 4.78 is 29.7. The molecule has 6 heteroatoms. The van der Waals surface area contributed by atoms with Gasteiger partial charge in [-0.1, -0.05) is 12.1 Å². The fraction of sp³-hybridized carbons (Fsp3) is 0.571. The number of sulfonamides is 1. The summed E-state index contributed by atoms with van der Waals surface area (Å²) in [7, 11) is 1.62. The summed E-state index contributed by atoms with van der Waals surface area (Å²) in [5.41, 5.74) is 1.17. The second-order valence-corrected chi connectivity index (χ2v) is 7.31. The largest absolute Gasteiger partial charge is 0.497 e. The molecule has 0 bridgehead atoms. The lowest BCUT2D eigenvalue weighted by atomic mass is 10.1. The molecule has 0 radical (unpaired) electrons. The molecule has 1 aromatic rings. The summed E-state index contributed by atoms with van der Waals surface area (Å²) in [5, 5.41) is 3.23. The Morgan fingerprint density at radius 2 is 2.05 bits per heavy atom. The van der Waals surface area contributed by atoms with E-state index in [1.54, 1.807) is 21.2 Å². The van der Waals surface area contributed by atoms with Crippen LogP contribution < -0.4 is 10.1 Å². The molecule has 20 heavy (non-hydrogen) atoms. The Morgan fingerprint density at radius 1 is 1.35 bits per heavy atom. The van der Waals surface area contributed by atoms with Crippen LogP contribution in [0, 0.1) is 0 Å². The lowest BCUT2D eigenvalue weighted by molar-refractivity contribution is 0.414. The van der Waals surface area contributed by atoms with Gasteiger partial charge >= 0.3 is 0 Å². The van der Waals surface area contributed by atoms with Crippen LogP contribution in [0.1, 0.15) is 12.5 Å². The van der Waals surface area contributed by atoms with Gasteiger partial charge in [0.2, 0.25) is 10.0 Å². The maximum Gasteiger partial charge on any atom is 0.214 e. The maximum absolute atomic E-state index is 11.6. The molecule has 0 aromatic heterocycles. The first-order valence-corrected chi connectivity index (χ1v) is 8.22. The van der Waals surface area contributed by atoms with Gasteiger partial charge in [0.1, 0.15) is 5.75 Å². The molecule has 0 aliphatic rings. The Bertz CT molecular complexity index is 515. The summed E-state index contributed by atoms with van der Waals surface area (Å²) in [4.78, 5) is 0. The van der Waals surface area contributed by atoms with E-state index in [9.17, 15) is 8.42 Å². The Kier molecular flexibility index (Phi) is 6.45. The van der Waals surface area contributed by atoms with Gasteiger partial charge in [-0.2, -0.15) is 0 Å². The second kappa shape index (κ2) is 7.61. The monoisotopic (exact) mass is 300 g/mol. The van der Waals surface area contributed by atoms with Gasteiger partial charge in [-0.15, -0.1) is 0 Å². The predicted octanol–water partition coefficient (Wildman–Crippen LogP) is 1.11. The van der Waals surface area contributed by atoms with Crippen molar-refractivity contribution < 1.29 is 13.2 Å². The van der Waals surface area contributed by atoms with Crippen molar-refractivity contribution in [2.45, 2.75) is 19.4 Å². The van der Waals surface area contributed by atoms with Crippen LogP contribution in [0.5, 0.6) is 5.75 Å². The SMILES string of the molecule is COc1cccc(CC(C)NCCS(=O)(=O)N(C)C)c1. The van der Waals surface area contributed by atoms with Crippen molar-refractivity contribution in [1.82, 2.24) is 9.62 Å². The molecule has 1 aromatic carbocycles. The van der Waals surface area contributed by atoms with Crippen molar-refractivity contribution in [3.8, 4) is 5.75 Å². The van der Waals surface area contributed by atoms with Crippen LogP contribution in [0.2, 0.25) is 0 Å². The van der Waals surface area contributed by atoms with Crippen molar-refractivity contribution in [2.24, 2.45) is 0 Å². The number of nitrogens with one attached hydrogen (secondary N) is 1. The highest BCUT2D eigenvalue weighted by Gasteiger charge is 2.13. The summed E-state index contributed by atoms with van der Waals surface area (Å²) in [6, 6.07) is 8.11. The van der Waals surface area contributed by atoms with Crippen LogP contribution >= 0.6 is 0 Å². The molecular weight excluding hydrogens is 276 g/mol. The topological polar surface area (TPSA) is 58.6 Å². The third-order valence-corrected chi connectivity index (χ3v) is 4.92. The number of hydrogen-bond donors (Lipinski definition) is 1. The third kappa shape index (κ3) is 5.48. The molecule has 0 spiro atoms. The molecule has 0 amide bonds. The number of methoxy groups -OCH3 is 1. The van der Waals surface area contributed by atoms with Crippen LogP contribution in [0.15, 0.2) is 24.3 Å². The fourth-order valence-corrected chi connectivity index (χ4v) is 2.58. The molecule has 1 rings (SSSR count). The van der Waals surface area contributed by atoms with Gasteiger partial charge < -0.3 is 10.1 Å². The Hall–Kier alpha value is -1.11. The summed E-state index contributed by atoms with van der Waals surface area (Å²) in [6.45, 7) is 2.49. The van der Waals surface area contributed by atoms with Crippen LogP contribution in [-0.2, 0) is 16.4 Å². The molecule has 0 aliphatic carbocycles. The van der Waals surface area contributed by atoms with Gasteiger partial charge in [-0.05, 0) is 31.0 Å². The molecular formula is C14H24N2O3S. The average molecular weight is 300 g/mol. The van der Waals surface area contributed by atoms with Gasteiger partial charge in [0.25, 0.3) is 0 Å². The number of benzene rings is 1. The fourth-order valence-electron chi connectivity index (χ4n) is 1.84. The van der Waals surface area contributed by atoms with E-state index in [2.05, 4.69) is 5.32 Å². The van der Waals surface area contributed by atoms with Crippen molar-refractivity contribution in [2.75, 3.05) is 33.5 Å². The summed E-state index contributed by atoms with van der Waals surface area (Å²) in [6.07, 6.45) is 0.833. The molecule has 114 valence electrons. The van der Waals surface area contributed by atoms with Gasteiger partial charge in [0.15, 0.2) is 0 Å². The van der Waals surface area contributed by atoms with E-state index in [1.165, 1.54) is 9.87 Å². The van der Waals surface area contributed by atoms with E-state index in [4.69, 9.17) is 4.74 Å². The maximum atomic E-state index is 11.6. The normalized spacial score (nSPS) is 13.4. The van der Waals surface area contributed by atoms with Crippen molar-refractivity contribution in [3.63, 3.8) is 0 Å². The lowest BCUT2D eigenvalue weighted by Crippen LogP contribution is -2.35. The minimum Gasteiger partial charge on any atom is -0.497 e. The lowest BCUT2D eigenvalue weighted by Gasteiger charge is -2.16. The summed E-state index contributed by atoms with van der Waals surface area (Å²) >= 11 is 0. The highest BCUT2D eigenvalue weighted by atomic mass is 32.2. The van der Waals surface area contributed by atoms with Crippen molar-refractivity contribution in [3.05, 3.63) is 29.8 Å². The predicted molar refractivity (Wildman–Crippen MR) is 81.6 cm³/mol. The third-order valence-electron chi connectivity index (χ3n) is 3.09. The molecule has 5 nitrogen and oxygen atoms in total. The van der Waals surface area contributed by atoms with E-state index >= 15 is 0 Å². The summed E-state index contributed by atoms with van der Waals surface area (Å²) in [5.74, 6) is 0.951. The first-order valence-electron chi connectivity index (χ1n) is 6.61. The number of ether oxygens (including phenoxy) is 1. The van der Waals surface area contributed by atoms with E-state index in [0.717, 1.165) is 12.2 Å². The highest BCUT2D eigenvalue weighted by Crippen LogP contribution is 2.13. The molecule has 1 unspecified atom stereocenters. The molecule has 0 heterocycles. The zero-order valence-corrected chi connectivity index (χ0v) is 13.4. The zero-order valence-electron chi connectivity index (χ0n) is 12.6. The zero-order chi connectivity index (χ0) is 15.2. The molecule has 1 N–H and O–H groups in total. The molecule has 0 aliphatic heterocycles. The minimum absolute atomic E-state index is 0.114. The van der Waals surface area contributed by atoms with E-state index in [1.807, 2.05) is 31.2 Å². The van der Waals surface area contributed by atoms with E-state index in [-0.39, 0.29) is 11.8 Å². The smallest absolute Gasteiger partial charge is 0.214 e. The van der Waals surface area contributed by atoms with Gasteiger partial charge in [-0.3, -0.25) is 0 Å². The van der Waals surface area contributed by atoms with Gasteiger partial charge in [0, 0.05) is 26.7 Å². The first kappa shape index (κ1) is 16.9. The Balaban J connectivity index is 2.42.